The molecule has 2 N–H and O–H groups in total. The monoisotopic (exact) mass is 395 g/mol. The van der Waals surface area contributed by atoms with Gasteiger partial charge in [0.1, 0.15) is 17.4 Å². The van der Waals surface area contributed by atoms with E-state index < -0.39 is 0 Å². The van der Waals surface area contributed by atoms with E-state index in [-0.39, 0.29) is 11.9 Å². The summed E-state index contributed by atoms with van der Waals surface area (Å²) in [6, 6.07) is 14.8. The first-order valence-electron chi connectivity index (χ1n) is 9.98. The number of hydrogen-bond acceptors (Lipinski definition) is 5. The number of aromatic nitrogens is 1. The second-order valence-corrected chi connectivity index (χ2v) is 7.48. The van der Waals surface area contributed by atoms with Crippen molar-refractivity contribution >= 4 is 16.7 Å². The van der Waals surface area contributed by atoms with Gasteiger partial charge >= 0.3 is 0 Å². The lowest BCUT2D eigenvalue weighted by atomic mass is 10.1. The van der Waals surface area contributed by atoms with Gasteiger partial charge in [0.05, 0.1) is 18.7 Å². The van der Waals surface area contributed by atoms with Crippen LogP contribution in [0.5, 0.6) is 5.75 Å². The number of aliphatic hydroxyl groups excluding tert-OH is 1. The first-order chi connectivity index (χ1) is 14.1. The number of methoxy groups -OCH3 is 1. The molecule has 1 aliphatic heterocycles. The smallest absolute Gasteiger partial charge is 0.133 e. The molecule has 0 spiro atoms. The third kappa shape index (κ3) is 4.66. The van der Waals surface area contributed by atoms with E-state index in [1.165, 1.54) is 17.7 Å². The predicted molar refractivity (Wildman–Crippen MR) is 113 cm³/mol. The van der Waals surface area contributed by atoms with Crippen LogP contribution in [0.15, 0.2) is 48.5 Å². The molecule has 0 saturated carbocycles. The van der Waals surface area contributed by atoms with Crippen LogP contribution < -0.4 is 15.0 Å². The van der Waals surface area contributed by atoms with Crippen LogP contribution in [0.25, 0.3) is 10.9 Å². The zero-order valence-corrected chi connectivity index (χ0v) is 16.6. The Hall–Kier alpha value is -2.70. The van der Waals surface area contributed by atoms with E-state index in [1.807, 2.05) is 24.3 Å². The summed E-state index contributed by atoms with van der Waals surface area (Å²) in [6.45, 7) is 2.88. The second-order valence-electron chi connectivity index (χ2n) is 7.48. The number of ether oxygens (including phenoxy) is 1. The van der Waals surface area contributed by atoms with Gasteiger partial charge < -0.3 is 20.1 Å². The first-order valence-corrected chi connectivity index (χ1v) is 9.98. The standard InChI is InChI=1S/C23H26FN3O2/c1-29-21-6-2-16(3-7-21)14-25-15-18-12-17-4-5-19(24)13-22(17)26-23(18)27-10-8-20(28)9-11-27/h2-7,12-13,20,25,28H,8-11,14-15H2,1H3. The van der Waals surface area contributed by atoms with E-state index in [1.54, 1.807) is 13.2 Å². The highest BCUT2D eigenvalue weighted by Gasteiger charge is 2.21. The minimum Gasteiger partial charge on any atom is -0.497 e. The highest BCUT2D eigenvalue weighted by atomic mass is 19.1. The maximum absolute atomic E-state index is 13.7. The molecule has 0 unspecified atom stereocenters. The van der Waals surface area contributed by atoms with E-state index >= 15 is 0 Å². The minimum atomic E-state index is -0.282. The minimum absolute atomic E-state index is 0.249. The number of benzene rings is 2. The number of piperidine rings is 1. The topological polar surface area (TPSA) is 57.6 Å². The van der Waals surface area contributed by atoms with Gasteiger partial charge in [0, 0.05) is 43.2 Å². The number of pyridine rings is 1. The number of nitrogens with one attached hydrogen (secondary N) is 1. The molecule has 2 aromatic carbocycles. The van der Waals surface area contributed by atoms with Crippen LogP contribution in [0.4, 0.5) is 10.2 Å². The summed E-state index contributed by atoms with van der Waals surface area (Å²) < 4.78 is 18.9. The molecule has 3 aromatic rings. The Kier molecular flexibility index (Phi) is 5.92. The van der Waals surface area contributed by atoms with Gasteiger partial charge in [-0.25, -0.2) is 9.37 Å². The second kappa shape index (κ2) is 8.76. The summed E-state index contributed by atoms with van der Waals surface area (Å²) in [5.41, 5.74) is 2.91. The molecule has 1 saturated heterocycles. The molecule has 0 amide bonds. The Bertz CT molecular complexity index is 970. The van der Waals surface area contributed by atoms with Crippen LogP contribution in [0.3, 0.4) is 0 Å². The van der Waals surface area contributed by atoms with Crippen LogP contribution in [0.1, 0.15) is 24.0 Å². The van der Waals surface area contributed by atoms with Crippen LogP contribution >= 0.6 is 0 Å². The molecule has 152 valence electrons. The van der Waals surface area contributed by atoms with Crippen molar-refractivity contribution in [3.63, 3.8) is 0 Å². The lowest BCUT2D eigenvalue weighted by molar-refractivity contribution is 0.145. The average Bonchev–Trinajstić information content (AvgIpc) is 2.74. The summed E-state index contributed by atoms with van der Waals surface area (Å²) in [4.78, 5) is 6.98. The summed E-state index contributed by atoms with van der Waals surface area (Å²) in [5.74, 6) is 1.43. The largest absolute Gasteiger partial charge is 0.497 e. The van der Waals surface area contributed by atoms with E-state index in [0.29, 0.717) is 12.1 Å². The first kappa shape index (κ1) is 19.6. The van der Waals surface area contributed by atoms with E-state index in [4.69, 9.17) is 9.72 Å². The normalized spacial score (nSPS) is 15.1. The number of rotatable bonds is 6. The van der Waals surface area contributed by atoms with Gasteiger partial charge in [-0.2, -0.15) is 0 Å². The molecule has 1 aliphatic rings. The lowest BCUT2D eigenvalue weighted by Gasteiger charge is -2.32. The van der Waals surface area contributed by atoms with Crippen molar-refractivity contribution in [3.05, 3.63) is 65.5 Å². The van der Waals surface area contributed by atoms with Gasteiger partial charge in [-0.1, -0.05) is 12.1 Å². The quantitative estimate of drug-likeness (QED) is 0.668. The Morgan fingerprint density at radius 2 is 1.86 bits per heavy atom. The number of nitrogens with zero attached hydrogens (tertiary/aromatic N) is 2. The van der Waals surface area contributed by atoms with Crippen LogP contribution in [-0.2, 0) is 13.1 Å². The van der Waals surface area contributed by atoms with E-state index in [9.17, 15) is 9.50 Å². The van der Waals surface area contributed by atoms with Crippen molar-refractivity contribution in [2.24, 2.45) is 0 Å². The van der Waals surface area contributed by atoms with Gasteiger partial charge in [0.2, 0.25) is 0 Å². The highest BCUT2D eigenvalue weighted by Crippen LogP contribution is 2.27. The SMILES string of the molecule is COc1ccc(CNCc2cc3ccc(F)cc3nc2N2CCC(O)CC2)cc1. The molecule has 0 radical (unpaired) electrons. The van der Waals surface area contributed by atoms with Gasteiger partial charge in [-0.3, -0.25) is 0 Å². The zero-order chi connectivity index (χ0) is 20.2. The highest BCUT2D eigenvalue weighted by molar-refractivity contribution is 5.82. The Morgan fingerprint density at radius 3 is 2.59 bits per heavy atom. The van der Waals surface area contributed by atoms with Crippen molar-refractivity contribution in [1.82, 2.24) is 10.3 Å². The predicted octanol–water partition coefficient (Wildman–Crippen LogP) is 3.63. The number of anilines is 1. The molecule has 4 rings (SSSR count). The van der Waals surface area contributed by atoms with Crippen LogP contribution in [0.2, 0.25) is 0 Å². The maximum atomic E-state index is 13.7. The molecule has 1 fully saturated rings. The summed E-state index contributed by atoms with van der Waals surface area (Å²) in [5, 5.41) is 14.3. The fourth-order valence-corrected chi connectivity index (χ4v) is 3.74. The fraction of sp³-hybridized carbons (Fsp3) is 0.348. The van der Waals surface area contributed by atoms with Crippen molar-refractivity contribution < 1.29 is 14.2 Å². The van der Waals surface area contributed by atoms with Gasteiger partial charge in [0.15, 0.2) is 0 Å². The van der Waals surface area contributed by atoms with Crippen molar-refractivity contribution in [1.29, 1.82) is 0 Å². The third-order valence-corrected chi connectivity index (χ3v) is 5.40. The number of fused-ring (bicyclic) bond motifs is 1. The van der Waals surface area contributed by atoms with Crippen LogP contribution in [0, 0.1) is 5.82 Å². The number of aliphatic hydroxyl groups is 1. The summed E-state index contributed by atoms with van der Waals surface area (Å²) >= 11 is 0. The van der Waals surface area contributed by atoms with Crippen molar-refractivity contribution in [2.45, 2.75) is 32.0 Å². The molecular weight excluding hydrogens is 369 g/mol. The fourth-order valence-electron chi connectivity index (χ4n) is 3.74. The molecule has 0 aliphatic carbocycles. The average molecular weight is 395 g/mol. The zero-order valence-electron chi connectivity index (χ0n) is 16.6. The molecule has 1 aromatic heterocycles. The van der Waals surface area contributed by atoms with Crippen molar-refractivity contribution in [2.75, 3.05) is 25.1 Å². The molecule has 2 heterocycles. The molecule has 5 nitrogen and oxygen atoms in total. The maximum Gasteiger partial charge on any atom is 0.133 e. The van der Waals surface area contributed by atoms with Crippen LogP contribution in [-0.4, -0.2) is 36.4 Å². The summed E-state index contributed by atoms with van der Waals surface area (Å²) in [7, 11) is 1.66. The molecule has 0 atom stereocenters. The van der Waals surface area contributed by atoms with Gasteiger partial charge in [0.25, 0.3) is 0 Å². The number of hydrogen-bond donors (Lipinski definition) is 2. The van der Waals surface area contributed by atoms with E-state index in [0.717, 1.165) is 55.0 Å². The van der Waals surface area contributed by atoms with Gasteiger partial charge in [-0.05, 0) is 48.7 Å². The Labute approximate surface area is 170 Å². The Balaban J connectivity index is 1.55. The third-order valence-electron chi connectivity index (χ3n) is 5.40. The summed E-state index contributed by atoms with van der Waals surface area (Å²) in [6.07, 6.45) is 1.20. The lowest BCUT2D eigenvalue weighted by Crippen LogP contribution is -2.37. The van der Waals surface area contributed by atoms with Crippen molar-refractivity contribution in [3.8, 4) is 5.75 Å². The van der Waals surface area contributed by atoms with E-state index in [2.05, 4.69) is 16.3 Å². The Morgan fingerprint density at radius 1 is 1.10 bits per heavy atom. The van der Waals surface area contributed by atoms with Gasteiger partial charge in [-0.15, -0.1) is 0 Å². The molecule has 29 heavy (non-hydrogen) atoms. The molecule has 0 bridgehead atoms. The number of halogens is 1. The molecular formula is C23H26FN3O2. The molecule has 6 heteroatoms.